The third-order valence-electron chi connectivity index (χ3n) is 2.74. The third-order valence-corrected chi connectivity index (χ3v) is 12.9. The normalized spacial score (nSPS) is 29.6. The van der Waals surface area contributed by atoms with Gasteiger partial charge in [-0.3, -0.25) is 0 Å². The summed E-state index contributed by atoms with van der Waals surface area (Å²) in [5.74, 6) is 0. The van der Waals surface area contributed by atoms with Crippen molar-refractivity contribution in [3.63, 3.8) is 0 Å². The van der Waals surface area contributed by atoms with Crippen LogP contribution in [0.2, 0.25) is 8.87 Å². The molecule has 0 saturated carbocycles. The van der Waals surface area contributed by atoms with Crippen molar-refractivity contribution in [2.75, 3.05) is 0 Å². The molecule has 1 aliphatic heterocycles. The molecule has 2 atom stereocenters. The van der Waals surface area contributed by atoms with E-state index in [0.717, 1.165) is 34.6 Å². The first kappa shape index (κ1) is 13.7. The quantitative estimate of drug-likeness (QED) is 0.730. The Bertz CT molecular complexity index is 168. The molecular weight excluding hydrogens is 303 g/mol. The summed E-state index contributed by atoms with van der Waals surface area (Å²) in [6, 6.07) is 0. The van der Waals surface area contributed by atoms with Gasteiger partial charge in [0.1, 0.15) is 0 Å². The van der Waals surface area contributed by atoms with Crippen molar-refractivity contribution in [2.45, 2.75) is 61.0 Å². The summed E-state index contributed by atoms with van der Waals surface area (Å²) in [5, 5.41) is 18.8. The molecule has 1 rings (SSSR count). The summed E-state index contributed by atoms with van der Waals surface area (Å²) in [5.41, 5.74) is 0. The summed E-state index contributed by atoms with van der Waals surface area (Å²) in [4.78, 5) is 0. The Balaban J connectivity index is 2.53. The van der Waals surface area contributed by atoms with Crippen molar-refractivity contribution in [2.24, 2.45) is 0 Å². The molecule has 0 bridgehead atoms. The SMILES string of the molecule is CCC[CH2][Sn]1([CH2]CCC)[O]C(O)C(O)[O]1. The number of hydrogen-bond acceptors (Lipinski definition) is 4. The van der Waals surface area contributed by atoms with E-state index in [2.05, 4.69) is 13.8 Å². The summed E-state index contributed by atoms with van der Waals surface area (Å²) < 4.78 is 13.0. The zero-order chi connectivity index (χ0) is 11.3. The summed E-state index contributed by atoms with van der Waals surface area (Å²) in [6.45, 7) is 4.25. The molecule has 0 aromatic rings. The van der Waals surface area contributed by atoms with Gasteiger partial charge in [-0.25, -0.2) is 0 Å². The van der Waals surface area contributed by atoms with Gasteiger partial charge >= 0.3 is 96.6 Å². The Labute approximate surface area is 96.5 Å². The number of aliphatic hydroxyl groups is 2. The molecule has 0 aromatic heterocycles. The number of aliphatic hydroxyl groups excluding tert-OH is 2. The van der Waals surface area contributed by atoms with Crippen LogP contribution in [0.3, 0.4) is 0 Å². The first-order chi connectivity index (χ1) is 7.13. The zero-order valence-corrected chi connectivity index (χ0v) is 12.5. The molecule has 2 N–H and O–H groups in total. The monoisotopic (exact) mass is 326 g/mol. The number of rotatable bonds is 6. The Morgan fingerprint density at radius 3 is 1.67 bits per heavy atom. The Hall–Kier alpha value is 0.639. The van der Waals surface area contributed by atoms with E-state index in [-0.39, 0.29) is 0 Å². The van der Waals surface area contributed by atoms with Crippen LogP contribution in [0.25, 0.3) is 0 Å². The second-order valence-corrected chi connectivity index (χ2v) is 13.5. The van der Waals surface area contributed by atoms with Crippen LogP contribution in [0, 0.1) is 0 Å². The van der Waals surface area contributed by atoms with E-state index < -0.39 is 31.8 Å². The molecule has 90 valence electrons. The Kier molecular flexibility index (Phi) is 5.84. The number of hydrogen-bond donors (Lipinski definition) is 2. The molecule has 4 nitrogen and oxygen atoms in total. The van der Waals surface area contributed by atoms with Crippen molar-refractivity contribution >= 4 is 19.2 Å². The molecule has 1 saturated heterocycles. The maximum atomic E-state index is 9.39. The van der Waals surface area contributed by atoms with Gasteiger partial charge in [0.2, 0.25) is 0 Å². The minimum atomic E-state index is -3.09. The molecule has 1 heterocycles. The van der Waals surface area contributed by atoms with Crippen LogP contribution in [-0.4, -0.2) is 42.0 Å². The van der Waals surface area contributed by atoms with Crippen molar-refractivity contribution in [3.05, 3.63) is 0 Å². The topological polar surface area (TPSA) is 58.9 Å². The van der Waals surface area contributed by atoms with E-state index in [0.29, 0.717) is 0 Å². The fourth-order valence-corrected chi connectivity index (χ4v) is 12.3. The van der Waals surface area contributed by atoms with Crippen molar-refractivity contribution < 1.29 is 16.4 Å². The zero-order valence-electron chi connectivity index (χ0n) is 9.61. The third kappa shape index (κ3) is 3.85. The summed E-state index contributed by atoms with van der Waals surface area (Å²) >= 11 is -3.09. The van der Waals surface area contributed by atoms with Gasteiger partial charge in [-0.1, -0.05) is 0 Å². The molecule has 0 aromatic carbocycles. The average Bonchev–Trinajstić information content (AvgIpc) is 2.50. The van der Waals surface area contributed by atoms with Crippen LogP contribution < -0.4 is 0 Å². The van der Waals surface area contributed by atoms with E-state index in [1.165, 1.54) is 0 Å². The van der Waals surface area contributed by atoms with Crippen LogP contribution >= 0.6 is 0 Å². The number of unbranched alkanes of at least 4 members (excludes halogenated alkanes) is 2. The fraction of sp³-hybridized carbons (Fsp3) is 1.00. The molecule has 0 aliphatic carbocycles. The van der Waals surface area contributed by atoms with Crippen LogP contribution in [0.5, 0.6) is 0 Å². The van der Waals surface area contributed by atoms with Gasteiger partial charge in [0.15, 0.2) is 0 Å². The van der Waals surface area contributed by atoms with E-state index in [1.54, 1.807) is 0 Å². The van der Waals surface area contributed by atoms with Crippen LogP contribution in [-0.2, 0) is 6.15 Å². The van der Waals surface area contributed by atoms with Crippen LogP contribution in [0.1, 0.15) is 39.5 Å². The van der Waals surface area contributed by atoms with Gasteiger partial charge in [0.25, 0.3) is 0 Å². The molecule has 15 heavy (non-hydrogen) atoms. The summed E-state index contributed by atoms with van der Waals surface area (Å²) in [6.07, 6.45) is 2.13. The first-order valence-electron chi connectivity index (χ1n) is 5.85. The van der Waals surface area contributed by atoms with Crippen molar-refractivity contribution in [1.29, 1.82) is 0 Å². The van der Waals surface area contributed by atoms with E-state index in [1.807, 2.05) is 0 Å². The fourth-order valence-electron chi connectivity index (χ4n) is 1.84. The average molecular weight is 325 g/mol. The van der Waals surface area contributed by atoms with E-state index in [9.17, 15) is 10.2 Å². The Morgan fingerprint density at radius 2 is 1.33 bits per heavy atom. The molecule has 1 aliphatic rings. The molecule has 5 heteroatoms. The van der Waals surface area contributed by atoms with Crippen LogP contribution in [0.15, 0.2) is 0 Å². The first-order valence-corrected chi connectivity index (χ1v) is 12.2. The molecule has 1 fully saturated rings. The van der Waals surface area contributed by atoms with Crippen molar-refractivity contribution in [3.8, 4) is 0 Å². The predicted octanol–water partition coefficient (Wildman–Crippen LogP) is 1.71. The standard InChI is InChI=1S/2C4H9.C2H4O4.Sn/c2*1-3-4-2;3-1(4)2(5)6;/h2*1,3-4H2,2H3;1-3,5H;/q;;-2;+2. The van der Waals surface area contributed by atoms with Gasteiger partial charge in [-0.2, -0.15) is 0 Å². The van der Waals surface area contributed by atoms with E-state index >= 15 is 0 Å². The van der Waals surface area contributed by atoms with Crippen molar-refractivity contribution in [1.82, 2.24) is 0 Å². The van der Waals surface area contributed by atoms with Gasteiger partial charge in [0.05, 0.1) is 0 Å². The molecule has 0 spiro atoms. The Morgan fingerprint density at radius 1 is 0.933 bits per heavy atom. The minimum absolute atomic E-state index is 0.944. The van der Waals surface area contributed by atoms with Gasteiger partial charge in [-0.05, 0) is 0 Å². The van der Waals surface area contributed by atoms with Gasteiger partial charge in [0, 0.05) is 0 Å². The molecule has 2 unspecified atom stereocenters. The predicted molar refractivity (Wildman–Crippen MR) is 59.4 cm³/mol. The molecule has 0 radical (unpaired) electrons. The van der Waals surface area contributed by atoms with E-state index in [4.69, 9.17) is 6.15 Å². The van der Waals surface area contributed by atoms with Gasteiger partial charge < -0.3 is 0 Å². The maximum absolute atomic E-state index is 9.39. The van der Waals surface area contributed by atoms with Crippen LogP contribution in [0.4, 0.5) is 0 Å². The molecule has 0 amide bonds. The van der Waals surface area contributed by atoms with Gasteiger partial charge in [-0.15, -0.1) is 0 Å². The summed E-state index contributed by atoms with van der Waals surface area (Å²) in [7, 11) is 0. The second-order valence-electron chi connectivity index (χ2n) is 4.13. The second kappa shape index (κ2) is 6.39. The molecular formula is C10H22O4Sn.